The highest BCUT2D eigenvalue weighted by Crippen LogP contribution is 2.43. The van der Waals surface area contributed by atoms with Crippen LogP contribution in [0.5, 0.6) is 17.2 Å². The summed E-state index contributed by atoms with van der Waals surface area (Å²) < 4.78 is 28.8. The van der Waals surface area contributed by atoms with Crippen molar-refractivity contribution in [3.05, 3.63) is 16.9 Å². The van der Waals surface area contributed by atoms with E-state index in [2.05, 4.69) is 0 Å². The molecule has 0 N–H and O–H groups in total. The van der Waals surface area contributed by atoms with Gasteiger partial charge in [0, 0.05) is 5.56 Å². The van der Waals surface area contributed by atoms with E-state index >= 15 is 0 Å². The minimum Gasteiger partial charge on any atom is -0.492 e. The average Bonchev–Trinajstić information content (AvgIpc) is 2.31. The SMILES string of the molecule is COc1c(C)c(F)c(C=O)c(OC)c1OC. The van der Waals surface area contributed by atoms with Crippen LogP contribution in [-0.2, 0) is 0 Å². The lowest BCUT2D eigenvalue weighted by Crippen LogP contribution is -2.04. The number of benzene rings is 1. The summed E-state index contributed by atoms with van der Waals surface area (Å²) in [6.07, 6.45) is 0.392. The summed E-state index contributed by atoms with van der Waals surface area (Å²) >= 11 is 0. The largest absolute Gasteiger partial charge is 0.492 e. The van der Waals surface area contributed by atoms with E-state index in [1.807, 2.05) is 0 Å². The third-order valence-electron chi connectivity index (χ3n) is 2.29. The van der Waals surface area contributed by atoms with Crippen molar-refractivity contribution in [3.63, 3.8) is 0 Å². The Morgan fingerprint density at radius 3 is 1.88 bits per heavy atom. The van der Waals surface area contributed by atoms with Crippen LogP contribution in [-0.4, -0.2) is 27.6 Å². The van der Waals surface area contributed by atoms with Crippen molar-refractivity contribution in [2.24, 2.45) is 0 Å². The Hall–Kier alpha value is -1.78. The highest BCUT2D eigenvalue weighted by molar-refractivity contribution is 5.84. The molecule has 0 heterocycles. The second-order valence-electron chi connectivity index (χ2n) is 3.07. The number of methoxy groups -OCH3 is 3. The Labute approximate surface area is 92.9 Å². The van der Waals surface area contributed by atoms with Gasteiger partial charge in [-0.2, -0.15) is 0 Å². The number of halogens is 1. The van der Waals surface area contributed by atoms with E-state index in [1.165, 1.54) is 28.3 Å². The van der Waals surface area contributed by atoms with E-state index in [4.69, 9.17) is 14.2 Å². The van der Waals surface area contributed by atoms with Crippen molar-refractivity contribution in [2.75, 3.05) is 21.3 Å². The zero-order valence-corrected chi connectivity index (χ0v) is 9.59. The Balaban J connectivity index is 3.68. The van der Waals surface area contributed by atoms with Gasteiger partial charge in [0.25, 0.3) is 0 Å². The lowest BCUT2D eigenvalue weighted by Gasteiger charge is -2.16. The molecule has 0 aliphatic heterocycles. The molecule has 0 bridgehead atoms. The van der Waals surface area contributed by atoms with E-state index in [0.717, 1.165) is 0 Å². The van der Waals surface area contributed by atoms with Crippen LogP contribution in [0.15, 0.2) is 0 Å². The minimum atomic E-state index is -0.662. The zero-order chi connectivity index (χ0) is 12.3. The predicted molar refractivity (Wildman–Crippen MR) is 56.2 cm³/mol. The first-order valence-electron chi connectivity index (χ1n) is 4.55. The lowest BCUT2D eigenvalue weighted by atomic mass is 10.1. The fraction of sp³-hybridized carbons (Fsp3) is 0.364. The van der Waals surface area contributed by atoms with Gasteiger partial charge in [0.1, 0.15) is 5.82 Å². The summed E-state index contributed by atoms with van der Waals surface area (Å²) in [5.74, 6) is -0.185. The third kappa shape index (κ3) is 1.68. The van der Waals surface area contributed by atoms with Crippen molar-refractivity contribution in [1.82, 2.24) is 0 Å². The van der Waals surface area contributed by atoms with Crippen LogP contribution in [0.4, 0.5) is 4.39 Å². The van der Waals surface area contributed by atoms with Crippen LogP contribution >= 0.6 is 0 Å². The van der Waals surface area contributed by atoms with Gasteiger partial charge in [0.15, 0.2) is 17.8 Å². The van der Waals surface area contributed by atoms with E-state index < -0.39 is 5.82 Å². The normalized spacial score (nSPS) is 9.81. The maximum atomic E-state index is 13.8. The molecule has 0 saturated carbocycles. The second kappa shape index (κ2) is 4.83. The Morgan fingerprint density at radius 2 is 1.50 bits per heavy atom. The molecule has 0 radical (unpaired) electrons. The Kier molecular flexibility index (Phi) is 3.71. The molecule has 0 aliphatic carbocycles. The van der Waals surface area contributed by atoms with Crippen LogP contribution in [0.3, 0.4) is 0 Å². The molecule has 0 atom stereocenters. The van der Waals surface area contributed by atoms with Gasteiger partial charge in [0.05, 0.1) is 26.9 Å². The number of carbonyl (C=O) groups is 1. The number of hydrogen-bond donors (Lipinski definition) is 0. The van der Waals surface area contributed by atoms with Gasteiger partial charge in [0.2, 0.25) is 5.75 Å². The number of hydrogen-bond acceptors (Lipinski definition) is 4. The molecule has 1 aromatic carbocycles. The van der Waals surface area contributed by atoms with Crippen LogP contribution in [0.2, 0.25) is 0 Å². The van der Waals surface area contributed by atoms with Gasteiger partial charge in [-0.3, -0.25) is 4.79 Å². The summed E-state index contributed by atoms with van der Waals surface area (Å²) in [7, 11) is 4.12. The standard InChI is InChI=1S/C11H13FO4/c1-6-8(12)7(5-13)10(15-3)11(16-4)9(6)14-2/h5H,1-4H3. The van der Waals surface area contributed by atoms with Crippen LogP contribution in [0.1, 0.15) is 15.9 Å². The van der Waals surface area contributed by atoms with E-state index in [1.54, 1.807) is 0 Å². The summed E-state index contributed by atoms with van der Waals surface area (Å²) in [4.78, 5) is 10.8. The first kappa shape index (κ1) is 12.3. The van der Waals surface area contributed by atoms with Crippen molar-refractivity contribution in [1.29, 1.82) is 0 Å². The molecule has 0 amide bonds. The third-order valence-corrected chi connectivity index (χ3v) is 2.29. The van der Waals surface area contributed by atoms with E-state index in [9.17, 15) is 9.18 Å². The Morgan fingerprint density at radius 1 is 1.00 bits per heavy atom. The van der Waals surface area contributed by atoms with Crippen molar-refractivity contribution >= 4 is 6.29 Å². The van der Waals surface area contributed by atoms with Gasteiger partial charge in [-0.05, 0) is 6.92 Å². The fourth-order valence-corrected chi connectivity index (χ4v) is 1.54. The predicted octanol–water partition coefficient (Wildman–Crippen LogP) is 1.97. The molecular formula is C11H13FO4. The molecule has 0 saturated heterocycles. The van der Waals surface area contributed by atoms with Gasteiger partial charge < -0.3 is 14.2 Å². The average molecular weight is 228 g/mol. The maximum absolute atomic E-state index is 13.8. The summed E-state index contributed by atoms with van der Waals surface area (Å²) in [5.41, 5.74) is 0.0416. The van der Waals surface area contributed by atoms with Crippen LogP contribution in [0.25, 0.3) is 0 Å². The van der Waals surface area contributed by atoms with Gasteiger partial charge in [-0.25, -0.2) is 4.39 Å². The first-order chi connectivity index (χ1) is 7.62. The number of rotatable bonds is 4. The van der Waals surface area contributed by atoms with Gasteiger partial charge in [-0.1, -0.05) is 0 Å². The molecule has 0 aromatic heterocycles. The van der Waals surface area contributed by atoms with Crippen molar-refractivity contribution in [2.45, 2.75) is 6.92 Å². The lowest BCUT2D eigenvalue weighted by molar-refractivity contribution is 0.111. The first-order valence-corrected chi connectivity index (χ1v) is 4.55. The molecular weight excluding hydrogens is 215 g/mol. The number of aldehydes is 1. The van der Waals surface area contributed by atoms with Gasteiger partial charge in [-0.15, -0.1) is 0 Å². The number of carbonyl (C=O) groups excluding carboxylic acids is 1. The molecule has 4 nitrogen and oxygen atoms in total. The molecule has 0 spiro atoms. The summed E-state index contributed by atoms with van der Waals surface area (Å²) in [5, 5.41) is 0. The molecule has 5 heteroatoms. The van der Waals surface area contributed by atoms with E-state index in [0.29, 0.717) is 6.29 Å². The van der Waals surface area contributed by atoms with Crippen LogP contribution in [0, 0.1) is 12.7 Å². The molecule has 88 valence electrons. The second-order valence-corrected chi connectivity index (χ2v) is 3.07. The zero-order valence-electron chi connectivity index (χ0n) is 9.59. The molecule has 0 unspecified atom stereocenters. The molecule has 1 rings (SSSR count). The number of ether oxygens (including phenoxy) is 3. The maximum Gasteiger partial charge on any atom is 0.204 e. The Bertz CT molecular complexity index is 415. The summed E-state index contributed by atoms with van der Waals surface area (Å²) in [6, 6.07) is 0. The summed E-state index contributed by atoms with van der Waals surface area (Å²) in [6.45, 7) is 1.50. The van der Waals surface area contributed by atoms with Gasteiger partial charge >= 0.3 is 0 Å². The molecule has 0 aliphatic rings. The minimum absolute atomic E-state index is 0.0393. The van der Waals surface area contributed by atoms with Crippen molar-refractivity contribution in [3.8, 4) is 17.2 Å². The van der Waals surface area contributed by atoms with E-state index in [-0.39, 0.29) is 28.4 Å². The smallest absolute Gasteiger partial charge is 0.204 e. The quantitative estimate of drug-likeness (QED) is 0.739. The highest BCUT2D eigenvalue weighted by atomic mass is 19.1. The van der Waals surface area contributed by atoms with Crippen LogP contribution < -0.4 is 14.2 Å². The van der Waals surface area contributed by atoms with Crippen molar-refractivity contribution < 1.29 is 23.4 Å². The fourth-order valence-electron chi connectivity index (χ4n) is 1.54. The molecule has 1 aromatic rings. The molecule has 0 fully saturated rings. The highest BCUT2D eigenvalue weighted by Gasteiger charge is 2.24. The topological polar surface area (TPSA) is 44.8 Å². The molecule has 16 heavy (non-hydrogen) atoms. The monoisotopic (exact) mass is 228 g/mol.